The predicted octanol–water partition coefficient (Wildman–Crippen LogP) is 2.90. The molecule has 0 spiro atoms. The minimum atomic E-state index is -0.143. The molecule has 0 unspecified atom stereocenters. The van der Waals surface area contributed by atoms with Crippen LogP contribution >= 0.6 is 0 Å². The summed E-state index contributed by atoms with van der Waals surface area (Å²) in [4.78, 5) is 0. The van der Waals surface area contributed by atoms with Crippen molar-refractivity contribution in [2.45, 2.75) is 51.2 Å². The van der Waals surface area contributed by atoms with E-state index in [4.69, 9.17) is 10.5 Å². The van der Waals surface area contributed by atoms with Crippen LogP contribution in [0.2, 0.25) is 0 Å². The number of nitrogens with two attached hydrogens (primary N) is 1. The van der Waals surface area contributed by atoms with E-state index >= 15 is 0 Å². The van der Waals surface area contributed by atoms with Crippen LogP contribution in [0.1, 0.15) is 38.7 Å². The standard InChI is InChI=1S/C14H21NO/c1-14(2,15)10-11-6-8-13(9-7-11)16-12-4-3-5-12/h6-9,12H,3-5,10,15H2,1-2H3. The Labute approximate surface area is 97.8 Å². The average Bonchev–Trinajstić information content (AvgIpc) is 2.11. The number of hydrogen-bond acceptors (Lipinski definition) is 2. The van der Waals surface area contributed by atoms with Gasteiger partial charge in [0.2, 0.25) is 0 Å². The van der Waals surface area contributed by atoms with Gasteiger partial charge < -0.3 is 10.5 Å². The van der Waals surface area contributed by atoms with Crippen molar-refractivity contribution in [3.8, 4) is 5.75 Å². The largest absolute Gasteiger partial charge is 0.490 e. The summed E-state index contributed by atoms with van der Waals surface area (Å²) in [5, 5.41) is 0. The topological polar surface area (TPSA) is 35.2 Å². The summed E-state index contributed by atoms with van der Waals surface area (Å²) in [6.45, 7) is 4.09. The highest BCUT2D eigenvalue weighted by Crippen LogP contribution is 2.25. The molecule has 1 aromatic rings. The van der Waals surface area contributed by atoms with Crippen LogP contribution in [0.4, 0.5) is 0 Å². The SMILES string of the molecule is CC(C)(N)Cc1ccc(OC2CCC2)cc1. The van der Waals surface area contributed by atoms with E-state index in [1.54, 1.807) is 0 Å². The molecule has 0 amide bonds. The second-order valence-electron chi connectivity index (χ2n) is 5.48. The van der Waals surface area contributed by atoms with Gasteiger partial charge in [-0.2, -0.15) is 0 Å². The van der Waals surface area contributed by atoms with Crippen molar-refractivity contribution < 1.29 is 4.74 Å². The van der Waals surface area contributed by atoms with E-state index < -0.39 is 0 Å². The van der Waals surface area contributed by atoms with Crippen molar-refractivity contribution in [3.63, 3.8) is 0 Å². The van der Waals surface area contributed by atoms with Gasteiger partial charge in [-0.05, 0) is 57.2 Å². The number of hydrogen-bond donors (Lipinski definition) is 1. The monoisotopic (exact) mass is 219 g/mol. The molecule has 1 aliphatic rings. The molecule has 88 valence electrons. The minimum absolute atomic E-state index is 0.143. The van der Waals surface area contributed by atoms with Crippen LogP contribution < -0.4 is 10.5 Å². The quantitative estimate of drug-likeness (QED) is 0.845. The lowest BCUT2D eigenvalue weighted by atomic mass is 9.95. The molecule has 16 heavy (non-hydrogen) atoms. The molecule has 2 nitrogen and oxygen atoms in total. The molecule has 1 aliphatic carbocycles. The Kier molecular flexibility index (Phi) is 3.20. The maximum atomic E-state index is 5.99. The van der Waals surface area contributed by atoms with Gasteiger partial charge in [-0.15, -0.1) is 0 Å². The summed E-state index contributed by atoms with van der Waals surface area (Å²) in [5.41, 5.74) is 7.11. The first-order valence-electron chi connectivity index (χ1n) is 6.07. The molecule has 2 heteroatoms. The maximum Gasteiger partial charge on any atom is 0.119 e. The van der Waals surface area contributed by atoms with Crippen LogP contribution in [0.25, 0.3) is 0 Å². The van der Waals surface area contributed by atoms with Crippen LogP contribution in [-0.4, -0.2) is 11.6 Å². The van der Waals surface area contributed by atoms with Gasteiger partial charge in [-0.1, -0.05) is 12.1 Å². The van der Waals surface area contributed by atoms with Crippen molar-refractivity contribution >= 4 is 0 Å². The molecule has 1 aromatic carbocycles. The Balaban J connectivity index is 1.93. The lowest BCUT2D eigenvalue weighted by Crippen LogP contribution is -2.34. The van der Waals surface area contributed by atoms with Gasteiger partial charge >= 0.3 is 0 Å². The first-order valence-corrected chi connectivity index (χ1v) is 6.07. The molecule has 0 heterocycles. The Morgan fingerprint density at radius 3 is 2.31 bits per heavy atom. The van der Waals surface area contributed by atoms with Crippen LogP contribution in [0.5, 0.6) is 5.75 Å². The molecular weight excluding hydrogens is 198 g/mol. The number of benzene rings is 1. The van der Waals surface area contributed by atoms with Crippen LogP contribution in [0.3, 0.4) is 0 Å². The third-order valence-corrected chi connectivity index (χ3v) is 2.94. The highest BCUT2D eigenvalue weighted by atomic mass is 16.5. The van der Waals surface area contributed by atoms with E-state index in [-0.39, 0.29) is 5.54 Å². The minimum Gasteiger partial charge on any atom is -0.490 e. The first-order chi connectivity index (χ1) is 7.53. The Morgan fingerprint density at radius 1 is 1.25 bits per heavy atom. The van der Waals surface area contributed by atoms with Gasteiger partial charge in [0.25, 0.3) is 0 Å². The highest BCUT2D eigenvalue weighted by Gasteiger charge is 2.19. The Bertz CT molecular complexity index is 333. The van der Waals surface area contributed by atoms with Gasteiger partial charge in [-0.3, -0.25) is 0 Å². The Hall–Kier alpha value is -1.02. The van der Waals surface area contributed by atoms with E-state index in [1.165, 1.54) is 24.8 Å². The zero-order chi connectivity index (χ0) is 11.6. The average molecular weight is 219 g/mol. The van der Waals surface area contributed by atoms with Crippen molar-refractivity contribution in [2.75, 3.05) is 0 Å². The van der Waals surface area contributed by atoms with Gasteiger partial charge in [0.15, 0.2) is 0 Å². The number of rotatable bonds is 4. The highest BCUT2D eigenvalue weighted by molar-refractivity contribution is 5.28. The van der Waals surface area contributed by atoms with Crippen LogP contribution in [0.15, 0.2) is 24.3 Å². The third-order valence-electron chi connectivity index (χ3n) is 2.94. The molecule has 0 saturated heterocycles. The van der Waals surface area contributed by atoms with Crippen molar-refractivity contribution in [1.29, 1.82) is 0 Å². The van der Waals surface area contributed by atoms with Gasteiger partial charge in [0.05, 0.1) is 6.10 Å². The summed E-state index contributed by atoms with van der Waals surface area (Å²) in [5.74, 6) is 0.989. The molecular formula is C14H21NO. The van der Waals surface area contributed by atoms with E-state index in [2.05, 4.69) is 24.3 Å². The fraction of sp³-hybridized carbons (Fsp3) is 0.571. The molecule has 0 atom stereocenters. The van der Waals surface area contributed by atoms with Crippen molar-refractivity contribution in [3.05, 3.63) is 29.8 Å². The third kappa shape index (κ3) is 3.24. The number of ether oxygens (including phenoxy) is 1. The molecule has 1 saturated carbocycles. The summed E-state index contributed by atoms with van der Waals surface area (Å²) in [6.07, 6.45) is 5.08. The zero-order valence-electron chi connectivity index (χ0n) is 10.2. The predicted molar refractivity (Wildman–Crippen MR) is 66.7 cm³/mol. The van der Waals surface area contributed by atoms with Gasteiger partial charge in [0, 0.05) is 5.54 Å². The summed E-state index contributed by atoms with van der Waals surface area (Å²) in [6, 6.07) is 8.34. The lowest BCUT2D eigenvalue weighted by Gasteiger charge is -2.26. The molecule has 2 rings (SSSR count). The van der Waals surface area contributed by atoms with E-state index in [0.717, 1.165) is 12.2 Å². The van der Waals surface area contributed by atoms with Gasteiger partial charge in [-0.25, -0.2) is 0 Å². The fourth-order valence-corrected chi connectivity index (χ4v) is 1.89. The van der Waals surface area contributed by atoms with Crippen LogP contribution in [0, 0.1) is 0 Å². The molecule has 0 radical (unpaired) electrons. The molecule has 2 N–H and O–H groups in total. The molecule has 0 aliphatic heterocycles. The van der Waals surface area contributed by atoms with Crippen molar-refractivity contribution in [2.24, 2.45) is 5.73 Å². The van der Waals surface area contributed by atoms with Crippen molar-refractivity contribution in [1.82, 2.24) is 0 Å². The summed E-state index contributed by atoms with van der Waals surface area (Å²) in [7, 11) is 0. The summed E-state index contributed by atoms with van der Waals surface area (Å²) < 4.78 is 5.80. The second-order valence-corrected chi connectivity index (χ2v) is 5.48. The fourth-order valence-electron chi connectivity index (χ4n) is 1.89. The van der Waals surface area contributed by atoms with Crippen LogP contribution in [-0.2, 0) is 6.42 Å². The van der Waals surface area contributed by atoms with E-state index in [1.807, 2.05) is 13.8 Å². The first kappa shape index (κ1) is 11.5. The summed E-state index contributed by atoms with van der Waals surface area (Å²) >= 11 is 0. The van der Waals surface area contributed by atoms with E-state index in [9.17, 15) is 0 Å². The van der Waals surface area contributed by atoms with E-state index in [0.29, 0.717) is 6.10 Å². The normalized spacial score (nSPS) is 16.9. The lowest BCUT2D eigenvalue weighted by molar-refractivity contribution is 0.120. The zero-order valence-corrected chi connectivity index (χ0v) is 10.2. The molecule has 0 aromatic heterocycles. The Morgan fingerprint density at radius 2 is 1.88 bits per heavy atom. The molecule has 1 fully saturated rings. The van der Waals surface area contributed by atoms with Gasteiger partial charge in [0.1, 0.15) is 5.75 Å². The second kappa shape index (κ2) is 4.46. The smallest absolute Gasteiger partial charge is 0.119 e. The molecule has 0 bridgehead atoms. The maximum absolute atomic E-state index is 5.99.